The Bertz CT molecular complexity index is 500. The number of pyridine rings is 1. The molecular formula is C14H16N2O. The zero-order chi connectivity index (χ0) is 12.4. The van der Waals surface area contributed by atoms with Crippen LogP contribution in [0, 0.1) is 20.8 Å². The summed E-state index contributed by atoms with van der Waals surface area (Å²) in [5.41, 5.74) is 9.81. The molecule has 0 aliphatic rings. The standard InChI is InChI=1S/C14H16N2O/c1-9-4-5-12(6-10(9)2)17-14-7-11(3)13(15)8-16-14/h4-8H,15H2,1-3H3. The first-order valence-electron chi connectivity index (χ1n) is 5.53. The summed E-state index contributed by atoms with van der Waals surface area (Å²) in [6, 6.07) is 7.82. The summed E-state index contributed by atoms with van der Waals surface area (Å²) < 4.78 is 5.68. The quantitative estimate of drug-likeness (QED) is 0.857. The maximum absolute atomic E-state index is 5.71. The topological polar surface area (TPSA) is 48.1 Å². The number of aromatic nitrogens is 1. The van der Waals surface area contributed by atoms with E-state index in [4.69, 9.17) is 10.5 Å². The van der Waals surface area contributed by atoms with Gasteiger partial charge in [0.25, 0.3) is 0 Å². The van der Waals surface area contributed by atoms with Crippen molar-refractivity contribution in [3.63, 3.8) is 0 Å². The molecule has 2 N–H and O–H groups in total. The van der Waals surface area contributed by atoms with Crippen LogP contribution in [0.5, 0.6) is 11.6 Å². The zero-order valence-corrected chi connectivity index (χ0v) is 10.3. The Hall–Kier alpha value is -2.03. The van der Waals surface area contributed by atoms with Crippen molar-refractivity contribution < 1.29 is 4.74 Å². The molecule has 17 heavy (non-hydrogen) atoms. The summed E-state index contributed by atoms with van der Waals surface area (Å²) in [5.74, 6) is 1.37. The highest BCUT2D eigenvalue weighted by Gasteiger charge is 2.02. The molecule has 0 spiro atoms. The molecule has 0 radical (unpaired) electrons. The van der Waals surface area contributed by atoms with E-state index in [-0.39, 0.29) is 0 Å². The summed E-state index contributed by atoms with van der Waals surface area (Å²) in [4.78, 5) is 4.14. The van der Waals surface area contributed by atoms with Gasteiger partial charge in [0, 0.05) is 6.07 Å². The number of rotatable bonds is 2. The number of aryl methyl sites for hydroxylation is 3. The van der Waals surface area contributed by atoms with Crippen molar-refractivity contribution in [2.75, 3.05) is 5.73 Å². The molecule has 2 rings (SSSR count). The molecule has 0 aliphatic heterocycles. The zero-order valence-electron chi connectivity index (χ0n) is 10.3. The molecule has 1 aromatic heterocycles. The second-order valence-electron chi connectivity index (χ2n) is 4.23. The van der Waals surface area contributed by atoms with Crippen LogP contribution >= 0.6 is 0 Å². The number of nitrogen functional groups attached to an aromatic ring is 1. The molecule has 0 saturated carbocycles. The Morgan fingerprint density at radius 2 is 1.76 bits per heavy atom. The fourth-order valence-electron chi connectivity index (χ4n) is 1.49. The maximum atomic E-state index is 5.71. The number of anilines is 1. The van der Waals surface area contributed by atoms with Gasteiger partial charge in [-0.15, -0.1) is 0 Å². The summed E-state index contributed by atoms with van der Waals surface area (Å²) in [6.07, 6.45) is 1.62. The second-order valence-corrected chi connectivity index (χ2v) is 4.23. The van der Waals surface area contributed by atoms with E-state index >= 15 is 0 Å². The van der Waals surface area contributed by atoms with Crippen molar-refractivity contribution in [1.82, 2.24) is 4.98 Å². The fraction of sp³-hybridized carbons (Fsp3) is 0.214. The molecule has 1 heterocycles. The van der Waals surface area contributed by atoms with E-state index in [9.17, 15) is 0 Å². The van der Waals surface area contributed by atoms with Gasteiger partial charge in [0.05, 0.1) is 11.9 Å². The van der Waals surface area contributed by atoms with Gasteiger partial charge in [-0.1, -0.05) is 6.07 Å². The lowest BCUT2D eigenvalue weighted by atomic mass is 10.1. The summed E-state index contributed by atoms with van der Waals surface area (Å²) in [5, 5.41) is 0. The van der Waals surface area contributed by atoms with Gasteiger partial charge in [0.15, 0.2) is 0 Å². The van der Waals surface area contributed by atoms with Crippen LogP contribution in [0.2, 0.25) is 0 Å². The molecule has 0 bridgehead atoms. The van der Waals surface area contributed by atoms with Gasteiger partial charge in [-0.25, -0.2) is 4.98 Å². The minimum absolute atomic E-state index is 0.569. The van der Waals surface area contributed by atoms with Crippen LogP contribution < -0.4 is 10.5 Å². The monoisotopic (exact) mass is 228 g/mol. The van der Waals surface area contributed by atoms with Crippen LogP contribution in [0.15, 0.2) is 30.5 Å². The van der Waals surface area contributed by atoms with Gasteiger partial charge < -0.3 is 10.5 Å². The third-order valence-corrected chi connectivity index (χ3v) is 2.83. The smallest absolute Gasteiger partial charge is 0.219 e. The summed E-state index contributed by atoms with van der Waals surface area (Å²) >= 11 is 0. The number of nitrogens with zero attached hydrogens (tertiary/aromatic N) is 1. The average molecular weight is 228 g/mol. The number of hydrogen-bond donors (Lipinski definition) is 1. The molecule has 2 aromatic rings. The lowest BCUT2D eigenvalue weighted by Crippen LogP contribution is -1.94. The van der Waals surface area contributed by atoms with E-state index in [0.29, 0.717) is 11.6 Å². The highest BCUT2D eigenvalue weighted by Crippen LogP contribution is 2.23. The summed E-state index contributed by atoms with van der Waals surface area (Å²) in [6.45, 7) is 6.07. The Labute approximate surface area is 101 Å². The van der Waals surface area contributed by atoms with Gasteiger partial charge in [0.1, 0.15) is 5.75 Å². The fourth-order valence-corrected chi connectivity index (χ4v) is 1.49. The Morgan fingerprint density at radius 3 is 2.41 bits per heavy atom. The van der Waals surface area contributed by atoms with Crippen molar-refractivity contribution in [2.45, 2.75) is 20.8 Å². The van der Waals surface area contributed by atoms with Gasteiger partial charge in [0.2, 0.25) is 5.88 Å². The first-order chi connectivity index (χ1) is 8.06. The number of nitrogens with two attached hydrogens (primary N) is 1. The molecule has 0 amide bonds. The van der Waals surface area contributed by atoms with E-state index in [0.717, 1.165) is 11.3 Å². The van der Waals surface area contributed by atoms with Crippen LogP contribution in [-0.2, 0) is 0 Å². The first kappa shape index (κ1) is 11.5. The van der Waals surface area contributed by atoms with Crippen LogP contribution in [0.25, 0.3) is 0 Å². The second kappa shape index (κ2) is 4.45. The van der Waals surface area contributed by atoms with Crippen LogP contribution in [-0.4, -0.2) is 4.98 Å². The molecular weight excluding hydrogens is 212 g/mol. The van der Waals surface area contributed by atoms with Gasteiger partial charge in [-0.2, -0.15) is 0 Å². The van der Waals surface area contributed by atoms with E-state index in [2.05, 4.69) is 18.8 Å². The average Bonchev–Trinajstić information content (AvgIpc) is 2.29. The molecule has 88 valence electrons. The number of hydrogen-bond acceptors (Lipinski definition) is 3. The predicted octanol–water partition coefficient (Wildman–Crippen LogP) is 3.38. The highest BCUT2D eigenvalue weighted by molar-refractivity contribution is 5.46. The van der Waals surface area contributed by atoms with Gasteiger partial charge in [-0.05, 0) is 49.6 Å². The van der Waals surface area contributed by atoms with Crippen molar-refractivity contribution in [2.24, 2.45) is 0 Å². The molecule has 1 aromatic carbocycles. The molecule has 0 fully saturated rings. The van der Waals surface area contributed by atoms with Gasteiger partial charge in [-0.3, -0.25) is 0 Å². The molecule has 3 heteroatoms. The lowest BCUT2D eigenvalue weighted by molar-refractivity contribution is 0.462. The molecule has 0 atom stereocenters. The number of benzene rings is 1. The molecule has 0 saturated heterocycles. The SMILES string of the molecule is Cc1ccc(Oc2cc(C)c(N)cn2)cc1C. The van der Waals surface area contributed by atoms with Crippen molar-refractivity contribution in [3.8, 4) is 11.6 Å². The lowest BCUT2D eigenvalue weighted by Gasteiger charge is -2.08. The molecule has 3 nitrogen and oxygen atoms in total. The predicted molar refractivity (Wildman–Crippen MR) is 69.4 cm³/mol. The Kier molecular flexibility index (Phi) is 3.00. The van der Waals surface area contributed by atoms with Crippen molar-refractivity contribution in [1.29, 1.82) is 0 Å². The summed E-state index contributed by atoms with van der Waals surface area (Å²) in [7, 11) is 0. The maximum Gasteiger partial charge on any atom is 0.219 e. The number of ether oxygens (including phenoxy) is 1. The van der Waals surface area contributed by atoms with E-state index in [1.165, 1.54) is 11.1 Å². The molecule has 0 unspecified atom stereocenters. The van der Waals surface area contributed by atoms with E-state index < -0.39 is 0 Å². The minimum Gasteiger partial charge on any atom is -0.439 e. The highest BCUT2D eigenvalue weighted by atomic mass is 16.5. The van der Waals surface area contributed by atoms with Crippen molar-refractivity contribution in [3.05, 3.63) is 47.2 Å². The Balaban J connectivity index is 2.25. The normalized spacial score (nSPS) is 10.3. The van der Waals surface area contributed by atoms with Crippen LogP contribution in [0.4, 0.5) is 5.69 Å². The van der Waals surface area contributed by atoms with Crippen LogP contribution in [0.1, 0.15) is 16.7 Å². The van der Waals surface area contributed by atoms with E-state index in [1.54, 1.807) is 6.20 Å². The minimum atomic E-state index is 0.569. The van der Waals surface area contributed by atoms with Gasteiger partial charge >= 0.3 is 0 Å². The van der Waals surface area contributed by atoms with E-state index in [1.807, 2.05) is 31.2 Å². The largest absolute Gasteiger partial charge is 0.439 e. The van der Waals surface area contributed by atoms with Crippen LogP contribution in [0.3, 0.4) is 0 Å². The Morgan fingerprint density at radius 1 is 1.00 bits per heavy atom. The molecule has 0 aliphatic carbocycles. The first-order valence-corrected chi connectivity index (χ1v) is 5.53. The third-order valence-electron chi connectivity index (χ3n) is 2.83. The van der Waals surface area contributed by atoms with Crippen molar-refractivity contribution >= 4 is 5.69 Å². The third kappa shape index (κ3) is 2.56.